The summed E-state index contributed by atoms with van der Waals surface area (Å²) in [4.78, 5) is 0. The van der Waals surface area contributed by atoms with Gasteiger partial charge in [-0.1, -0.05) is 46.5 Å². The second kappa shape index (κ2) is 7.27. The molecule has 1 saturated heterocycles. The third-order valence-corrected chi connectivity index (χ3v) is 4.01. The minimum Gasteiger partial charge on any atom is -0.314 e. The van der Waals surface area contributed by atoms with Crippen molar-refractivity contribution in [2.45, 2.75) is 71.8 Å². The van der Waals surface area contributed by atoms with E-state index in [1.807, 2.05) is 0 Å². The van der Waals surface area contributed by atoms with Crippen LogP contribution in [-0.4, -0.2) is 12.6 Å². The number of rotatable bonds is 6. The molecule has 1 heteroatoms. The van der Waals surface area contributed by atoms with Crippen molar-refractivity contribution in [1.29, 1.82) is 0 Å². The van der Waals surface area contributed by atoms with Crippen LogP contribution in [0, 0.1) is 11.8 Å². The van der Waals surface area contributed by atoms with E-state index < -0.39 is 0 Å². The van der Waals surface area contributed by atoms with E-state index in [2.05, 4.69) is 26.1 Å². The fourth-order valence-electron chi connectivity index (χ4n) is 3.14. The summed E-state index contributed by atoms with van der Waals surface area (Å²) in [6.07, 6.45) is 9.80. The molecule has 1 aliphatic rings. The largest absolute Gasteiger partial charge is 0.314 e. The topological polar surface area (TPSA) is 12.0 Å². The zero-order valence-corrected chi connectivity index (χ0v) is 10.9. The maximum atomic E-state index is 3.64. The second-order valence-corrected chi connectivity index (χ2v) is 5.18. The third-order valence-electron chi connectivity index (χ3n) is 4.01. The van der Waals surface area contributed by atoms with Gasteiger partial charge in [-0.25, -0.2) is 0 Å². The first-order chi connectivity index (χ1) is 7.31. The summed E-state index contributed by atoms with van der Waals surface area (Å²) in [5, 5.41) is 3.64. The number of piperidine rings is 1. The molecular formula is C14H29N. The van der Waals surface area contributed by atoms with E-state index in [4.69, 9.17) is 0 Å². The van der Waals surface area contributed by atoms with Crippen LogP contribution in [-0.2, 0) is 0 Å². The van der Waals surface area contributed by atoms with Gasteiger partial charge in [0.2, 0.25) is 0 Å². The lowest BCUT2D eigenvalue weighted by Gasteiger charge is -2.35. The zero-order valence-electron chi connectivity index (χ0n) is 10.9. The number of hydrogen-bond donors (Lipinski definition) is 1. The Labute approximate surface area is 96.0 Å². The first-order valence-corrected chi connectivity index (χ1v) is 7.05. The summed E-state index contributed by atoms with van der Waals surface area (Å²) in [7, 11) is 0. The molecule has 0 aromatic heterocycles. The van der Waals surface area contributed by atoms with Crippen molar-refractivity contribution in [3.8, 4) is 0 Å². The lowest BCUT2D eigenvalue weighted by Crippen LogP contribution is -2.39. The quantitative estimate of drug-likeness (QED) is 0.700. The molecule has 0 spiro atoms. The molecule has 0 saturated carbocycles. The molecule has 2 atom stereocenters. The predicted octanol–water partition coefficient (Wildman–Crippen LogP) is 3.98. The van der Waals surface area contributed by atoms with Gasteiger partial charge in [0, 0.05) is 6.04 Å². The van der Waals surface area contributed by atoms with Crippen molar-refractivity contribution in [2.24, 2.45) is 11.8 Å². The summed E-state index contributed by atoms with van der Waals surface area (Å²) in [5.74, 6) is 2.02. The smallest absolute Gasteiger partial charge is 0.00671 e. The van der Waals surface area contributed by atoms with Gasteiger partial charge in [0.1, 0.15) is 0 Å². The van der Waals surface area contributed by atoms with Gasteiger partial charge in [0.25, 0.3) is 0 Å². The lowest BCUT2D eigenvalue weighted by molar-refractivity contribution is 0.196. The average molecular weight is 211 g/mol. The molecular weight excluding hydrogens is 182 g/mol. The maximum Gasteiger partial charge on any atom is 0.00671 e. The van der Waals surface area contributed by atoms with Gasteiger partial charge in [-0.3, -0.25) is 0 Å². The van der Waals surface area contributed by atoms with Crippen LogP contribution in [0.25, 0.3) is 0 Å². The fraction of sp³-hybridized carbons (Fsp3) is 1.00. The Balaban J connectivity index is 2.42. The Morgan fingerprint density at radius 3 is 2.33 bits per heavy atom. The van der Waals surface area contributed by atoms with E-state index in [0.29, 0.717) is 0 Å². The molecule has 0 bridgehead atoms. The molecule has 1 aliphatic heterocycles. The molecule has 1 heterocycles. The van der Waals surface area contributed by atoms with Crippen molar-refractivity contribution in [1.82, 2.24) is 5.32 Å². The van der Waals surface area contributed by atoms with E-state index in [9.17, 15) is 0 Å². The summed E-state index contributed by atoms with van der Waals surface area (Å²) >= 11 is 0. The van der Waals surface area contributed by atoms with Gasteiger partial charge < -0.3 is 5.32 Å². The Morgan fingerprint density at radius 2 is 1.80 bits per heavy atom. The van der Waals surface area contributed by atoms with Crippen molar-refractivity contribution in [3.63, 3.8) is 0 Å². The molecule has 0 aromatic rings. The first-order valence-electron chi connectivity index (χ1n) is 7.05. The molecule has 2 unspecified atom stereocenters. The maximum absolute atomic E-state index is 3.64. The SMILES string of the molecule is CCCC(CCC)C1CCNC(CC)C1. The Bertz CT molecular complexity index is 149. The van der Waals surface area contributed by atoms with Crippen LogP contribution < -0.4 is 5.32 Å². The summed E-state index contributed by atoms with van der Waals surface area (Å²) < 4.78 is 0. The molecule has 0 radical (unpaired) electrons. The Kier molecular flexibility index (Phi) is 6.31. The normalized spacial score (nSPS) is 27.2. The van der Waals surface area contributed by atoms with E-state index in [-0.39, 0.29) is 0 Å². The molecule has 0 amide bonds. The fourth-order valence-corrected chi connectivity index (χ4v) is 3.14. The van der Waals surface area contributed by atoms with E-state index in [0.717, 1.165) is 17.9 Å². The Morgan fingerprint density at radius 1 is 1.13 bits per heavy atom. The van der Waals surface area contributed by atoms with Crippen molar-refractivity contribution in [2.75, 3.05) is 6.54 Å². The van der Waals surface area contributed by atoms with Crippen LogP contribution in [0.4, 0.5) is 0 Å². The summed E-state index contributed by atoms with van der Waals surface area (Å²) in [6.45, 7) is 8.24. The molecule has 15 heavy (non-hydrogen) atoms. The Hall–Kier alpha value is -0.0400. The second-order valence-electron chi connectivity index (χ2n) is 5.18. The van der Waals surface area contributed by atoms with E-state index in [1.165, 1.54) is 51.5 Å². The third kappa shape index (κ3) is 4.14. The van der Waals surface area contributed by atoms with E-state index in [1.54, 1.807) is 0 Å². The van der Waals surface area contributed by atoms with Gasteiger partial charge in [0.15, 0.2) is 0 Å². The zero-order chi connectivity index (χ0) is 11.1. The number of hydrogen-bond acceptors (Lipinski definition) is 1. The van der Waals surface area contributed by atoms with Crippen LogP contribution >= 0.6 is 0 Å². The minimum absolute atomic E-state index is 0.806. The van der Waals surface area contributed by atoms with Crippen LogP contribution in [0.2, 0.25) is 0 Å². The first kappa shape index (κ1) is 13.0. The highest BCUT2D eigenvalue weighted by Crippen LogP contribution is 2.31. The average Bonchev–Trinajstić information content (AvgIpc) is 2.29. The molecule has 0 aliphatic carbocycles. The van der Waals surface area contributed by atoms with Crippen molar-refractivity contribution < 1.29 is 0 Å². The monoisotopic (exact) mass is 211 g/mol. The summed E-state index contributed by atoms with van der Waals surface area (Å²) in [5.41, 5.74) is 0. The lowest BCUT2D eigenvalue weighted by atomic mass is 9.77. The van der Waals surface area contributed by atoms with Crippen LogP contribution in [0.5, 0.6) is 0 Å². The van der Waals surface area contributed by atoms with Crippen LogP contribution in [0.1, 0.15) is 65.7 Å². The van der Waals surface area contributed by atoms with Gasteiger partial charge >= 0.3 is 0 Å². The van der Waals surface area contributed by atoms with Gasteiger partial charge in [-0.05, 0) is 37.6 Å². The van der Waals surface area contributed by atoms with Crippen LogP contribution in [0.3, 0.4) is 0 Å². The van der Waals surface area contributed by atoms with E-state index >= 15 is 0 Å². The molecule has 1 N–H and O–H groups in total. The van der Waals surface area contributed by atoms with Crippen molar-refractivity contribution >= 4 is 0 Å². The highest BCUT2D eigenvalue weighted by atomic mass is 14.9. The van der Waals surface area contributed by atoms with Gasteiger partial charge in [0.05, 0.1) is 0 Å². The minimum atomic E-state index is 0.806. The standard InChI is InChI=1S/C14H29N/c1-4-7-12(8-5-2)13-9-10-15-14(6-3)11-13/h12-15H,4-11H2,1-3H3. The highest BCUT2D eigenvalue weighted by molar-refractivity contribution is 4.81. The number of nitrogens with one attached hydrogen (secondary N) is 1. The predicted molar refractivity (Wildman–Crippen MR) is 68.1 cm³/mol. The van der Waals surface area contributed by atoms with Gasteiger partial charge in [-0.2, -0.15) is 0 Å². The summed E-state index contributed by atoms with van der Waals surface area (Å²) in [6, 6.07) is 0.806. The molecule has 1 nitrogen and oxygen atoms in total. The molecule has 1 rings (SSSR count). The van der Waals surface area contributed by atoms with Crippen LogP contribution in [0.15, 0.2) is 0 Å². The van der Waals surface area contributed by atoms with Gasteiger partial charge in [-0.15, -0.1) is 0 Å². The molecule has 1 fully saturated rings. The molecule has 0 aromatic carbocycles. The highest BCUT2D eigenvalue weighted by Gasteiger charge is 2.26. The molecule has 90 valence electrons. The van der Waals surface area contributed by atoms with Crippen molar-refractivity contribution in [3.05, 3.63) is 0 Å².